The van der Waals surface area contributed by atoms with Gasteiger partial charge >= 0.3 is 8.03 Å². The Morgan fingerprint density at radius 3 is 2.73 bits per heavy atom. The molecule has 0 aromatic carbocycles. The van der Waals surface area contributed by atoms with Gasteiger partial charge in [0.05, 0.1) is 6.21 Å². The zero-order valence-electron chi connectivity index (χ0n) is 7.11. The number of nitrogens with zero attached hydrogens (tertiary/aromatic N) is 1. The molecule has 0 aromatic rings. The summed E-state index contributed by atoms with van der Waals surface area (Å²) in [5.41, 5.74) is 0. The molecule has 0 saturated heterocycles. The van der Waals surface area contributed by atoms with Gasteiger partial charge in [0.25, 0.3) is 0 Å². The van der Waals surface area contributed by atoms with Crippen LogP contribution in [0.1, 0.15) is 6.92 Å². The van der Waals surface area contributed by atoms with Crippen molar-refractivity contribution in [3.8, 4) is 0 Å². The maximum absolute atomic E-state index is 10.3. The minimum Gasteiger partial charge on any atom is -0.396 e. The first-order valence-corrected chi connectivity index (χ1v) is 4.57. The van der Waals surface area contributed by atoms with Crippen molar-refractivity contribution in [3.63, 3.8) is 0 Å². The van der Waals surface area contributed by atoms with E-state index in [9.17, 15) is 4.57 Å². The van der Waals surface area contributed by atoms with Gasteiger partial charge in [0.1, 0.15) is 13.2 Å². The molecule has 59 valence electrons. The second kappa shape index (κ2) is 10.5. The summed E-state index contributed by atoms with van der Waals surface area (Å²) in [6.07, 6.45) is 1.43. The monoisotopic (exact) mass is 187 g/mol. The van der Waals surface area contributed by atoms with Crippen molar-refractivity contribution in [2.75, 3.05) is 19.9 Å². The summed E-state index contributed by atoms with van der Waals surface area (Å²) in [7, 11) is -1.52. The summed E-state index contributed by atoms with van der Waals surface area (Å²) in [6, 6.07) is 0. The molecule has 0 fully saturated rings. The molecule has 0 aliphatic carbocycles. The largest absolute Gasteiger partial charge is 0.505 e. The summed E-state index contributed by atoms with van der Waals surface area (Å²) in [4.78, 5) is 4.61. The second-order valence-corrected chi connectivity index (χ2v) is 2.58. The van der Waals surface area contributed by atoms with Crippen LogP contribution in [0.15, 0.2) is 5.16 Å². The van der Waals surface area contributed by atoms with Crippen LogP contribution in [0.3, 0.4) is 0 Å². The van der Waals surface area contributed by atoms with E-state index in [1.54, 1.807) is 0 Å². The van der Waals surface area contributed by atoms with E-state index in [2.05, 4.69) is 14.5 Å². The summed E-state index contributed by atoms with van der Waals surface area (Å²) < 4.78 is 15.0. The van der Waals surface area contributed by atoms with Gasteiger partial charge in [-0.15, -0.1) is 4.52 Å². The minimum absolute atomic E-state index is 0. The third kappa shape index (κ3) is 13.5. The molecule has 0 aromatic heterocycles. The first-order valence-electron chi connectivity index (χ1n) is 2.95. The van der Waals surface area contributed by atoms with Gasteiger partial charge in [-0.25, -0.2) is 0 Å². The Morgan fingerprint density at radius 2 is 2.27 bits per heavy atom. The fraction of sp³-hybridized carbons (Fsp3) is 0.800. The molecule has 0 saturated carbocycles. The van der Waals surface area contributed by atoms with Crippen LogP contribution >= 0.6 is 8.03 Å². The van der Waals surface area contributed by atoms with Gasteiger partial charge in [-0.1, -0.05) is 5.16 Å². The van der Waals surface area contributed by atoms with Gasteiger partial charge in [-0.2, -0.15) is 0 Å². The molecular weight excluding hydrogens is 176 g/mol. The maximum atomic E-state index is 10.3. The Balaban J connectivity index is 0. The fourth-order valence-corrected chi connectivity index (χ4v) is 0.573. The van der Waals surface area contributed by atoms with Crippen LogP contribution in [0.4, 0.5) is 0 Å². The molecule has 1 atom stereocenters. The van der Waals surface area contributed by atoms with Crippen molar-refractivity contribution >= 4 is 43.8 Å². The Kier molecular flexibility index (Phi) is 13.5. The Bertz CT molecular complexity index is 131. The van der Waals surface area contributed by atoms with E-state index < -0.39 is 8.03 Å². The smallest absolute Gasteiger partial charge is 0.396 e. The van der Waals surface area contributed by atoms with Crippen LogP contribution < -0.4 is 0 Å². The normalized spacial score (nSPS) is 10.9. The van der Waals surface area contributed by atoms with E-state index in [4.69, 9.17) is 0 Å². The molecule has 0 bridgehead atoms. The topological polar surface area (TPSA) is 47.9 Å². The molecule has 0 aliphatic heterocycles. The van der Waals surface area contributed by atoms with E-state index in [1.807, 2.05) is 6.92 Å². The molecule has 4 nitrogen and oxygen atoms in total. The van der Waals surface area contributed by atoms with Crippen molar-refractivity contribution in [1.82, 2.24) is 0 Å². The van der Waals surface area contributed by atoms with E-state index in [1.165, 1.54) is 12.9 Å². The average molecular weight is 187 g/mol. The van der Waals surface area contributed by atoms with Crippen molar-refractivity contribution in [1.29, 1.82) is 0 Å². The molecule has 0 N–H and O–H groups in total. The van der Waals surface area contributed by atoms with E-state index in [0.717, 1.165) is 0 Å². The number of hydrogen-bond acceptors (Lipinski definition) is 4. The number of rotatable bonds is 5. The van der Waals surface area contributed by atoms with Crippen LogP contribution in [0.2, 0.25) is 0 Å². The van der Waals surface area contributed by atoms with Crippen LogP contribution in [0.25, 0.3) is 0 Å². The van der Waals surface area contributed by atoms with Crippen molar-refractivity contribution < 1.29 is 13.9 Å². The standard InChI is InChI=1S/C5H11NO3P.Na/c1-3-8-6-4-5-9-10(2)7;/h4H,3,5H2,1-2H3;/q+1;. The maximum Gasteiger partial charge on any atom is 0.505 e. The Morgan fingerprint density at radius 1 is 1.64 bits per heavy atom. The van der Waals surface area contributed by atoms with E-state index >= 15 is 0 Å². The van der Waals surface area contributed by atoms with Crippen molar-refractivity contribution in [2.45, 2.75) is 6.92 Å². The molecule has 0 aliphatic rings. The van der Waals surface area contributed by atoms with E-state index in [0.29, 0.717) is 6.61 Å². The molecule has 0 heterocycles. The molecule has 1 radical (unpaired) electrons. The molecule has 0 spiro atoms. The quantitative estimate of drug-likeness (QED) is 0.279. The van der Waals surface area contributed by atoms with Crippen LogP contribution in [0, 0.1) is 0 Å². The van der Waals surface area contributed by atoms with Gasteiger partial charge in [-0.3, -0.25) is 0 Å². The summed E-state index contributed by atoms with van der Waals surface area (Å²) >= 11 is 0. The third-order valence-corrected chi connectivity index (χ3v) is 1.12. The minimum atomic E-state index is -1.52. The van der Waals surface area contributed by atoms with Gasteiger partial charge < -0.3 is 4.84 Å². The second-order valence-electron chi connectivity index (χ2n) is 1.44. The predicted molar refractivity (Wildman–Crippen MR) is 45.4 cm³/mol. The van der Waals surface area contributed by atoms with Gasteiger partial charge in [0.2, 0.25) is 0 Å². The van der Waals surface area contributed by atoms with Crippen LogP contribution in [-0.4, -0.2) is 55.7 Å². The average Bonchev–Trinajstić information content (AvgIpc) is 1.87. The molecule has 0 rings (SSSR count). The summed E-state index contributed by atoms with van der Waals surface area (Å²) in [5.74, 6) is 0. The SMILES string of the molecule is CCON=CCO[P+](C)=O.[Na]. The predicted octanol–water partition coefficient (Wildman–Crippen LogP) is 1.02. The molecular formula is C5H11NNaO3P+. The number of oxime groups is 1. The first-order chi connectivity index (χ1) is 4.77. The van der Waals surface area contributed by atoms with Crippen LogP contribution in [0.5, 0.6) is 0 Å². The van der Waals surface area contributed by atoms with Gasteiger partial charge in [0, 0.05) is 29.6 Å². The zero-order chi connectivity index (χ0) is 7.82. The summed E-state index contributed by atoms with van der Waals surface area (Å²) in [6.45, 7) is 4.10. The van der Waals surface area contributed by atoms with Gasteiger partial charge in [0.15, 0.2) is 6.66 Å². The molecule has 0 amide bonds. The third-order valence-electron chi connectivity index (χ3n) is 0.609. The molecule has 1 unspecified atom stereocenters. The van der Waals surface area contributed by atoms with Crippen molar-refractivity contribution in [3.05, 3.63) is 0 Å². The van der Waals surface area contributed by atoms with E-state index in [-0.39, 0.29) is 36.2 Å². The molecule has 6 heteroatoms. The first kappa shape index (κ1) is 14.1. The van der Waals surface area contributed by atoms with Gasteiger partial charge in [-0.05, 0) is 11.5 Å². The summed E-state index contributed by atoms with van der Waals surface area (Å²) in [5, 5.41) is 3.48. The fourth-order valence-electron chi connectivity index (χ4n) is 0.296. The Hall–Kier alpha value is 0.530. The molecule has 11 heavy (non-hydrogen) atoms. The number of hydrogen-bond donors (Lipinski definition) is 0. The zero-order valence-corrected chi connectivity index (χ0v) is 10.0. The van der Waals surface area contributed by atoms with Crippen LogP contribution in [-0.2, 0) is 13.9 Å². The van der Waals surface area contributed by atoms with Crippen molar-refractivity contribution in [2.24, 2.45) is 5.16 Å². The Labute approximate surface area is 89.5 Å².